The number of para-hydroxylation sites is 2. The van der Waals surface area contributed by atoms with Gasteiger partial charge in [-0.1, -0.05) is 53.5 Å². The highest BCUT2D eigenvalue weighted by Gasteiger charge is 2.16. The van der Waals surface area contributed by atoms with Crippen LogP contribution in [0.4, 0.5) is 0 Å². The summed E-state index contributed by atoms with van der Waals surface area (Å²) in [6, 6.07) is 21.7. The molecule has 0 atom stereocenters. The van der Waals surface area contributed by atoms with E-state index in [4.69, 9.17) is 23.2 Å². The molecule has 26 heavy (non-hydrogen) atoms. The standard InChI is InChI=1S/C20H13Cl2N3O/c21-15-7-3-5-13(11-15)19-23-17-9-1-2-10-18(17)25(19)24-20(26)14-6-4-8-16(22)12-14/h1-12H,(H,24,26). The highest BCUT2D eigenvalue weighted by Crippen LogP contribution is 2.26. The second-order valence-corrected chi connectivity index (χ2v) is 6.59. The Kier molecular flexibility index (Phi) is 4.37. The molecule has 1 heterocycles. The van der Waals surface area contributed by atoms with Gasteiger partial charge < -0.3 is 0 Å². The monoisotopic (exact) mass is 381 g/mol. The summed E-state index contributed by atoms with van der Waals surface area (Å²) >= 11 is 12.1. The number of carbonyl (C=O) groups is 1. The van der Waals surface area contributed by atoms with E-state index in [1.54, 1.807) is 35.0 Å². The van der Waals surface area contributed by atoms with Crippen molar-refractivity contribution in [2.75, 3.05) is 5.43 Å². The highest BCUT2D eigenvalue weighted by molar-refractivity contribution is 6.31. The van der Waals surface area contributed by atoms with E-state index in [0.29, 0.717) is 21.4 Å². The molecule has 0 fully saturated rings. The van der Waals surface area contributed by atoms with Gasteiger partial charge in [0, 0.05) is 21.2 Å². The summed E-state index contributed by atoms with van der Waals surface area (Å²) in [7, 11) is 0. The van der Waals surface area contributed by atoms with Crippen molar-refractivity contribution in [1.29, 1.82) is 0 Å². The van der Waals surface area contributed by atoms with Crippen molar-refractivity contribution in [3.05, 3.63) is 88.4 Å². The molecule has 0 saturated heterocycles. The molecule has 0 aliphatic carbocycles. The minimum absolute atomic E-state index is 0.279. The van der Waals surface area contributed by atoms with Crippen molar-refractivity contribution in [2.45, 2.75) is 0 Å². The van der Waals surface area contributed by atoms with E-state index in [1.807, 2.05) is 42.5 Å². The Morgan fingerprint density at radius 3 is 2.38 bits per heavy atom. The number of amides is 1. The summed E-state index contributed by atoms with van der Waals surface area (Å²) in [4.78, 5) is 17.4. The zero-order valence-electron chi connectivity index (χ0n) is 13.5. The van der Waals surface area contributed by atoms with Crippen LogP contribution in [0.15, 0.2) is 72.8 Å². The quantitative estimate of drug-likeness (QED) is 0.516. The Morgan fingerprint density at radius 2 is 1.62 bits per heavy atom. The molecule has 4 rings (SSSR count). The molecule has 0 radical (unpaired) electrons. The van der Waals surface area contributed by atoms with E-state index >= 15 is 0 Å². The molecule has 128 valence electrons. The summed E-state index contributed by atoms with van der Waals surface area (Å²) in [5.74, 6) is 0.322. The van der Waals surface area contributed by atoms with Gasteiger partial charge in [0.15, 0.2) is 5.82 Å². The van der Waals surface area contributed by atoms with Crippen LogP contribution in [0.3, 0.4) is 0 Å². The van der Waals surface area contributed by atoms with E-state index in [0.717, 1.165) is 16.6 Å². The molecule has 3 aromatic carbocycles. The van der Waals surface area contributed by atoms with Gasteiger partial charge in [0.05, 0.1) is 11.0 Å². The smallest absolute Gasteiger partial charge is 0.267 e. The van der Waals surface area contributed by atoms with Crippen LogP contribution >= 0.6 is 23.2 Å². The van der Waals surface area contributed by atoms with Crippen LogP contribution in [0.5, 0.6) is 0 Å². The number of nitrogens with zero attached hydrogens (tertiary/aromatic N) is 2. The minimum atomic E-state index is -0.279. The van der Waals surface area contributed by atoms with Gasteiger partial charge in [0.25, 0.3) is 5.91 Å². The fourth-order valence-electron chi connectivity index (χ4n) is 2.76. The predicted molar refractivity (Wildman–Crippen MR) is 105 cm³/mol. The van der Waals surface area contributed by atoms with Crippen LogP contribution in [0.1, 0.15) is 10.4 Å². The number of halogens is 2. The Balaban J connectivity index is 1.83. The van der Waals surface area contributed by atoms with Crippen LogP contribution in [0, 0.1) is 0 Å². The maximum atomic E-state index is 12.7. The highest BCUT2D eigenvalue weighted by atomic mass is 35.5. The third-order valence-corrected chi connectivity index (χ3v) is 4.41. The van der Waals surface area contributed by atoms with Gasteiger partial charge in [-0.25, -0.2) is 9.66 Å². The fourth-order valence-corrected chi connectivity index (χ4v) is 3.14. The third-order valence-electron chi connectivity index (χ3n) is 3.94. The Hall–Kier alpha value is -2.82. The predicted octanol–water partition coefficient (Wildman–Crippen LogP) is 5.39. The molecule has 0 bridgehead atoms. The van der Waals surface area contributed by atoms with Gasteiger partial charge in [0.1, 0.15) is 0 Å². The molecule has 4 nitrogen and oxygen atoms in total. The largest absolute Gasteiger partial charge is 0.270 e. The number of fused-ring (bicyclic) bond motifs is 1. The molecule has 0 spiro atoms. The van der Waals surface area contributed by atoms with E-state index in [-0.39, 0.29) is 5.91 Å². The number of aromatic nitrogens is 2. The Morgan fingerprint density at radius 1 is 0.885 bits per heavy atom. The summed E-state index contributed by atoms with van der Waals surface area (Å²) in [5, 5.41) is 1.10. The third kappa shape index (κ3) is 3.17. The Labute approximate surface area is 160 Å². The lowest BCUT2D eigenvalue weighted by Gasteiger charge is -2.11. The molecular formula is C20H13Cl2N3O. The summed E-state index contributed by atoms with van der Waals surface area (Å²) < 4.78 is 1.67. The van der Waals surface area contributed by atoms with Crippen LogP contribution in [0.2, 0.25) is 10.0 Å². The normalized spacial score (nSPS) is 10.8. The summed E-state index contributed by atoms with van der Waals surface area (Å²) in [6.45, 7) is 0. The first kappa shape index (κ1) is 16.6. The number of rotatable bonds is 3. The van der Waals surface area contributed by atoms with E-state index in [2.05, 4.69) is 10.4 Å². The van der Waals surface area contributed by atoms with Crippen LogP contribution in [-0.2, 0) is 0 Å². The average molecular weight is 382 g/mol. The lowest BCUT2D eigenvalue weighted by Crippen LogP contribution is -2.23. The molecule has 0 saturated carbocycles. The number of benzene rings is 3. The number of hydrogen-bond donors (Lipinski definition) is 1. The summed E-state index contributed by atoms with van der Waals surface area (Å²) in [5.41, 5.74) is 5.74. The van der Waals surface area contributed by atoms with Crippen LogP contribution < -0.4 is 5.43 Å². The van der Waals surface area contributed by atoms with E-state index < -0.39 is 0 Å². The van der Waals surface area contributed by atoms with Crippen molar-refractivity contribution in [1.82, 2.24) is 9.66 Å². The first-order valence-electron chi connectivity index (χ1n) is 7.92. The molecule has 1 amide bonds. The molecular weight excluding hydrogens is 369 g/mol. The molecule has 6 heteroatoms. The summed E-state index contributed by atoms with van der Waals surface area (Å²) in [6.07, 6.45) is 0. The van der Waals surface area contributed by atoms with Gasteiger partial charge in [-0.2, -0.15) is 0 Å². The Bertz CT molecular complexity index is 1120. The number of carbonyl (C=O) groups excluding carboxylic acids is 1. The maximum Gasteiger partial charge on any atom is 0.270 e. The first-order valence-corrected chi connectivity index (χ1v) is 8.68. The van der Waals surface area contributed by atoms with Crippen molar-refractivity contribution in [2.24, 2.45) is 0 Å². The second-order valence-electron chi connectivity index (χ2n) is 5.72. The molecule has 0 aliphatic heterocycles. The number of imidazole rings is 1. The van der Waals surface area contributed by atoms with Crippen molar-refractivity contribution < 1.29 is 4.79 Å². The number of nitrogens with one attached hydrogen (secondary N) is 1. The van der Waals surface area contributed by atoms with E-state index in [1.165, 1.54) is 0 Å². The van der Waals surface area contributed by atoms with Gasteiger partial charge in [0.2, 0.25) is 0 Å². The maximum absolute atomic E-state index is 12.7. The number of hydrogen-bond acceptors (Lipinski definition) is 2. The van der Waals surface area contributed by atoms with Crippen LogP contribution in [-0.4, -0.2) is 15.6 Å². The van der Waals surface area contributed by atoms with Gasteiger partial charge in [-0.15, -0.1) is 0 Å². The zero-order valence-corrected chi connectivity index (χ0v) is 15.0. The van der Waals surface area contributed by atoms with Gasteiger partial charge >= 0.3 is 0 Å². The van der Waals surface area contributed by atoms with Crippen molar-refractivity contribution in [3.63, 3.8) is 0 Å². The van der Waals surface area contributed by atoms with Crippen molar-refractivity contribution >= 4 is 40.1 Å². The van der Waals surface area contributed by atoms with Gasteiger partial charge in [-0.3, -0.25) is 10.2 Å². The SMILES string of the molecule is O=C(Nn1c(-c2cccc(Cl)c2)nc2ccccc21)c1cccc(Cl)c1. The average Bonchev–Trinajstić information content (AvgIpc) is 3.00. The topological polar surface area (TPSA) is 46.9 Å². The molecule has 1 aromatic heterocycles. The fraction of sp³-hybridized carbons (Fsp3) is 0. The second kappa shape index (κ2) is 6.83. The van der Waals surface area contributed by atoms with Crippen molar-refractivity contribution in [3.8, 4) is 11.4 Å². The van der Waals surface area contributed by atoms with Gasteiger partial charge in [-0.05, 0) is 42.5 Å². The minimum Gasteiger partial charge on any atom is -0.267 e. The molecule has 4 aromatic rings. The lowest BCUT2D eigenvalue weighted by atomic mass is 10.2. The zero-order chi connectivity index (χ0) is 18.1. The molecule has 0 unspecified atom stereocenters. The molecule has 1 N–H and O–H groups in total. The first-order chi connectivity index (χ1) is 12.6. The molecule has 0 aliphatic rings. The van der Waals surface area contributed by atoms with E-state index in [9.17, 15) is 4.79 Å². The lowest BCUT2D eigenvalue weighted by molar-refractivity contribution is 0.101. The van der Waals surface area contributed by atoms with Crippen LogP contribution in [0.25, 0.3) is 22.4 Å².